The Bertz CT molecular complexity index is 752. The molecule has 0 radical (unpaired) electrons. The van der Waals surface area contributed by atoms with Crippen LogP contribution in [-0.4, -0.2) is 15.6 Å². The van der Waals surface area contributed by atoms with E-state index in [0.29, 0.717) is 27.9 Å². The van der Waals surface area contributed by atoms with Gasteiger partial charge in [-0.25, -0.2) is 4.68 Å². The van der Waals surface area contributed by atoms with Crippen LogP contribution >= 0.6 is 15.9 Å². The molecule has 0 aliphatic heterocycles. The lowest BCUT2D eigenvalue weighted by molar-refractivity contribution is 0.0565. The average Bonchev–Trinajstić information content (AvgIpc) is 2.89. The quantitative estimate of drug-likeness (QED) is 0.573. The number of nitrogens with zero attached hydrogens (tertiary/aromatic N) is 2. The zero-order valence-corrected chi connectivity index (χ0v) is 13.2. The van der Waals surface area contributed by atoms with Gasteiger partial charge in [-0.3, -0.25) is 4.79 Å². The number of hydrogen-bond acceptors (Lipinski definition) is 2. The molecule has 3 rings (SSSR count). The fraction of sp³-hybridized carbons (Fsp3) is 0.250. The van der Waals surface area contributed by atoms with Gasteiger partial charge in [-0.1, -0.05) is 15.9 Å². The van der Waals surface area contributed by atoms with Gasteiger partial charge in [0.2, 0.25) is 0 Å². The van der Waals surface area contributed by atoms with E-state index in [4.69, 9.17) is 0 Å². The van der Waals surface area contributed by atoms with Gasteiger partial charge in [0.15, 0.2) is 5.78 Å². The van der Waals surface area contributed by atoms with Crippen molar-refractivity contribution >= 4 is 27.8 Å². The lowest BCUT2D eigenvalue weighted by atomic mass is 9.99. The molecule has 0 atom stereocenters. The van der Waals surface area contributed by atoms with Gasteiger partial charge < -0.3 is 0 Å². The Kier molecular flexibility index (Phi) is 4.20. The molecule has 0 N–H and O–H groups in total. The highest BCUT2D eigenvalue weighted by Gasteiger charge is 2.20. The van der Waals surface area contributed by atoms with Crippen molar-refractivity contribution in [3.05, 3.63) is 57.3 Å². The SMILES string of the molecule is O=C1/C(=C/c2ccn(C(F)F)n2)CCCc2cc(Br)ccc21. The van der Waals surface area contributed by atoms with E-state index in [2.05, 4.69) is 21.0 Å². The number of benzene rings is 1. The molecular formula is C16H13BrF2N2O. The second kappa shape index (κ2) is 6.12. The fourth-order valence-corrected chi connectivity index (χ4v) is 3.01. The number of aryl methyl sites for hydroxylation is 1. The van der Waals surface area contributed by atoms with E-state index in [1.165, 1.54) is 12.3 Å². The van der Waals surface area contributed by atoms with Crippen LogP contribution in [-0.2, 0) is 6.42 Å². The van der Waals surface area contributed by atoms with Crippen molar-refractivity contribution in [2.45, 2.75) is 25.8 Å². The Balaban J connectivity index is 1.95. The van der Waals surface area contributed by atoms with Crippen LogP contribution in [0.25, 0.3) is 6.08 Å². The number of fused-ring (bicyclic) bond motifs is 1. The minimum absolute atomic E-state index is 0.0494. The molecule has 1 aromatic carbocycles. The van der Waals surface area contributed by atoms with Crippen LogP contribution in [0.3, 0.4) is 0 Å². The van der Waals surface area contributed by atoms with E-state index in [9.17, 15) is 13.6 Å². The van der Waals surface area contributed by atoms with Gasteiger partial charge in [-0.15, -0.1) is 0 Å². The summed E-state index contributed by atoms with van der Waals surface area (Å²) in [7, 11) is 0. The first-order valence-corrected chi connectivity index (χ1v) is 7.71. The Morgan fingerprint density at radius 3 is 2.82 bits per heavy atom. The summed E-state index contributed by atoms with van der Waals surface area (Å²) in [6.07, 6.45) is 5.11. The van der Waals surface area contributed by atoms with E-state index in [0.717, 1.165) is 22.9 Å². The second-order valence-corrected chi connectivity index (χ2v) is 6.07. The molecule has 3 nitrogen and oxygen atoms in total. The van der Waals surface area contributed by atoms with Gasteiger partial charge in [0.25, 0.3) is 0 Å². The van der Waals surface area contributed by atoms with Crippen molar-refractivity contribution in [2.75, 3.05) is 0 Å². The molecule has 1 heterocycles. The number of alkyl halides is 2. The molecule has 1 aliphatic carbocycles. The van der Waals surface area contributed by atoms with Crippen LogP contribution in [0.4, 0.5) is 8.78 Å². The average molecular weight is 367 g/mol. The third-order valence-electron chi connectivity index (χ3n) is 3.65. The third-order valence-corrected chi connectivity index (χ3v) is 4.14. The van der Waals surface area contributed by atoms with Crippen molar-refractivity contribution in [1.29, 1.82) is 0 Å². The van der Waals surface area contributed by atoms with Gasteiger partial charge in [-0.05, 0) is 55.2 Å². The fourth-order valence-electron chi connectivity index (χ4n) is 2.60. The molecule has 1 aliphatic rings. The van der Waals surface area contributed by atoms with Crippen molar-refractivity contribution in [3.8, 4) is 0 Å². The lowest BCUT2D eigenvalue weighted by Gasteiger charge is -2.05. The monoisotopic (exact) mass is 366 g/mol. The Labute approximate surface area is 134 Å². The highest BCUT2D eigenvalue weighted by Crippen LogP contribution is 2.27. The molecular weight excluding hydrogens is 354 g/mol. The molecule has 114 valence electrons. The molecule has 1 aromatic heterocycles. The van der Waals surface area contributed by atoms with Crippen molar-refractivity contribution in [2.24, 2.45) is 0 Å². The molecule has 0 fully saturated rings. The minimum atomic E-state index is -2.67. The summed E-state index contributed by atoms with van der Waals surface area (Å²) in [6.45, 7) is -2.67. The molecule has 2 aromatic rings. The van der Waals surface area contributed by atoms with E-state index in [1.54, 1.807) is 12.1 Å². The van der Waals surface area contributed by atoms with E-state index >= 15 is 0 Å². The molecule has 0 bridgehead atoms. The van der Waals surface area contributed by atoms with E-state index < -0.39 is 6.55 Å². The number of ketones is 1. The maximum atomic E-state index is 12.6. The van der Waals surface area contributed by atoms with Crippen LogP contribution in [0.5, 0.6) is 0 Å². The van der Waals surface area contributed by atoms with Crippen LogP contribution < -0.4 is 0 Å². The van der Waals surface area contributed by atoms with Gasteiger partial charge in [-0.2, -0.15) is 13.9 Å². The normalized spacial score (nSPS) is 16.9. The number of rotatable bonds is 2. The number of carbonyl (C=O) groups is 1. The van der Waals surface area contributed by atoms with Gasteiger partial charge in [0, 0.05) is 21.8 Å². The number of aromatic nitrogens is 2. The minimum Gasteiger partial charge on any atom is -0.289 e. The Hall–Kier alpha value is -1.82. The van der Waals surface area contributed by atoms with Crippen LogP contribution in [0.15, 0.2) is 40.5 Å². The first kappa shape index (κ1) is 15.1. The van der Waals surface area contributed by atoms with Gasteiger partial charge >= 0.3 is 6.55 Å². The molecule has 0 saturated heterocycles. The first-order chi connectivity index (χ1) is 10.5. The van der Waals surface area contributed by atoms with Gasteiger partial charge in [0.1, 0.15) is 0 Å². The number of halogens is 3. The predicted molar refractivity (Wildman–Crippen MR) is 82.9 cm³/mol. The zero-order valence-electron chi connectivity index (χ0n) is 11.6. The summed E-state index contributed by atoms with van der Waals surface area (Å²) in [5.74, 6) is -0.0494. The predicted octanol–water partition coefficient (Wildman–Crippen LogP) is 4.64. The van der Waals surface area contributed by atoms with Crippen LogP contribution in [0.1, 0.15) is 41.0 Å². The molecule has 0 spiro atoms. The van der Waals surface area contributed by atoms with Crippen molar-refractivity contribution in [3.63, 3.8) is 0 Å². The summed E-state index contributed by atoms with van der Waals surface area (Å²) in [4.78, 5) is 12.6. The van der Waals surface area contributed by atoms with Crippen LogP contribution in [0.2, 0.25) is 0 Å². The number of carbonyl (C=O) groups excluding carboxylic acids is 1. The smallest absolute Gasteiger partial charge is 0.289 e. The third kappa shape index (κ3) is 3.02. The topological polar surface area (TPSA) is 34.9 Å². The summed E-state index contributed by atoms with van der Waals surface area (Å²) in [5.41, 5.74) is 2.69. The lowest BCUT2D eigenvalue weighted by Crippen LogP contribution is -2.04. The zero-order chi connectivity index (χ0) is 15.7. The van der Waals surface area contributed by atoms with E-state index in [1.807, 2.05) is 12.1 Å². The molecule has 6 heteroatoms. The highest BCUT2D eigenvalue weighted by atomic mass is 79.9. The standard InChI is InChI=1S/C16H13BrF2N2O/c17-12-4-5-14-10(8-12)2-1-3-11(15(14)22)9-13-6-7-21(20-13)16(18)19/h4-9,16H,1-3H2/b11-9+. The summed E-state index contributed by atoms with van der Waals surface area (Å²) in [6, 6.07) is 7.09. The summed E-state index contributed by atoms with van der Waals surface area (Å²) < 4.78 is 26.6. The maximum absolute atomic E-state index is 12.6. The molecule has 0 unspecified atom stereocenters. The van der Waals surface area contributed by atoms with Gasteiger partial charge in [0.05, 0.1) is 5.69 Å². The largest absolute Gasteiger partial charge is 0.333 e. The maximum Gasteiger partial charge on any atom is 0.333 e. The summed E-state index contributed by atoms with van der Waals surface area (Å²) >= 11 is 3.41. The first-order valence-electron chi connectivity index (χ1n) is 6.91. The number of hydrogen-bond donors (Lipinski definition) is 0. The molecule has 22 heavy (non-hydrogen) atoms. The van der Waals surface area contributed by atoms with Crippen molar-refractivity contribution < 1.29 is 13.6 Å². The highest BCUT2D eigenvalue weighted by molar-refractivity contribution is 9.10. The number of allylic oxidation sites excluding steroid dienone is 1. The molecule has 0 saturated carbocycles. The van der Waals surface area contributed by atoms with E-state index in [-0.39, 0.29) is 5.78 Å². The summed E-state index contributed by atoms with van der Waals surface area (Å²) in [5, 5.41) is 3.77. The Morgan fingerprint density at radius 2 is 2.09 bits per heavy atom. The van der Waals surface area contributed by atoms with Crippen LogP contribution in [0, 0.1) is 0 Å². The van der Waals surface area contributed by atoms with Crippen molar-refractivity contribution in [1.82, 2.24) is 9.78 Å². The molecule has 0 amide bonds. The number of Topliss-reactive ketones (excluding diaryl/α,β-unsaturated/α-hetero) is 1. The Morgan fingerprint density at radius 1 is 1.27 bits per heavy atom. The second-order valence-electron chi connectivity index (χ2n) is 5.15.